The number of benzene rings is 3. The molecule has 0 saturated heterocycles. The number of aryl methyl sites for hydroxylation is 1. The van der Waals surface area contributed by atoms with Crippen LogP contribution in [0.25, 0.3) is 17.1 Å². The Morgan fingerprint density at radius 2 is 1.55 bits per heavy atom. The van der Waals surface area contributed by atoms with Gasteiger partial charge in [-0.1, -0.05) is 70.3 Å². The quantitative estimate of drug-likeness (QED) is 0.289. The zero-order valence-corrected chi connectivity index (χ0v) is 18.5. The minimum absolute atomic E-state index is 0.548. The number of hydrogen-bond donors (Lipinski definition) is 0. The minimum Gasteiger partial charge on any atom is -0.270 e. The van der Waals surface area contributed by atoms with E-state index in [9.17, 15) is 0 Å². The van der Waals surface area contributed by atoms with E-state index in [1.165, 1.54) is 5.56 Å². The van der Waals surface area contributed by atoms with Crippen LogP contribution in [0, 0.1) is 6.92 Å². The Hall–Kier alpha value is -1.98. The summed E-state index contributed by atoms with van der Waals surface area (Å²) in [5.74, 6) is 1.46. The Morgan fingerprint density at radius 1 is 0.828 bits per heavy atom. The summed E-state index contributed by atoms with van der Waals surface area (Å²) in [6.45, 7) is 2.07. The van der Waals surface area contributed by atoms with Gasteiger partial charge in [0.05, 0.1) is 10.0 Å². The standard InChI is InChI=1S/C22H16Cl3N3S/c1-14-2-9-18(10-3-14)28-21(16-5-7-17(23)8-6-16)26-27-22(28)29-13-15-4-11-19(24)20(25)12-15/h2-12H,13H2,1H3. The fraction of sp³-hybridized carbons (Fsp3) is 0.0909. The predicted octanol–water partition coefficient (Wildman–Crippen LogP) is 7.50. The maximum Gasteiger partial charge on any atom is 0.196 e. The first-order valence-corrected chi connectivity index (χ1v) is 11.0. The Bertz CT molecular complexity index is 1140. The molecule has 0 fully saturated rings. The molecule has 1 heterocycles. The monoisotopic (exact) mass is 459 g/mol. The van der Waals surface area contributed by atoms with Crippen LogP contribution in [-0.2, 0) is 5.75 Å². The van der Waals surface area contributed by atoms with Crippen LogP contribution in [0.1, 0.15) is 11.1 Å². The van der Waals surface area contributed by atoms with E-state index in [1.54, 1.807) is 11.8 Å². The van der Waals surface area contributed by atoms with Gasteiger partial charge in [0.2, 0.25) is 0 Å². The molecule has 0 bridgehead atoms. The zero-order valence-electron chi connectivity index (χ0n) is 15.4. The largest absolute Gasteiger partial charge is 0.270 e. The van der Waals surface area contributed by atoms with Crippen molar-refractivity contribution in [3.05, 3.63) is 92.9 Å². The molecule has 7 heteroatoms. The lowest BCUT2D eigenvalue weighted by Gasteiger charge is -2.11. The van der Waals surface area contributed by atoms with Gasteiger partial charge >= 0.3 is 0 Å². The van der Waals surface area contributed by atoms with E-state index < -0.39 is 0 Å². The van der Waals surface area contributed by atoms with Gasteiger partial charge in [0.25, 0.3) is 0 Å². The highest BCUT2D eigenvalue weighted by atomic mass is 35.5. The molecule has 0 unspecified atom stereocenters. The van der Waals surface area contributed by atoms with Gasteiger partial charge in [0.15, 0.2) is 11.0 Å². The molecule has 0 amide bonds. The first kappa shape index (κ1) is 20.3. The van der Waals surface area contributed by atoms with Gasteiger partial charge in [-0.05, 0) is 61.0 Å². The number of nitrogens with zero attached hydrogens (tertiary/aromatic N) is 3. The van der Waals surface area contributed by atoms with E-state index in [4.69, 9.17) is 34.8 Å². The van der Waals surface area contributed by atoms with E-state index >= 15 is 0 Å². The number of aromatic nitrogens is 3. The highest BCUT2D eigenvalue weighted by Crippen LogP contribution is 2.31. The van der Waals surface area contributed by atoms with Crippen LogP contribution in [-0.4, -0.2) is 14.8 Å². The second-order valence-electron chi connectivity index (χ2n) is 6.52. The molecule has 0 aliphatic rings. The molecule has 0 aliphatic carbocycles. The number of halogens is 3. The molecule has 0 N–H and O–H groups in total. The van der Waals surface area contributed by atoms with Gasteiger partial charge in [-0.2, -0.15) is 0 Å². The highest BCUT2D eigenvalue weighted by molar-refractivity contribution is 7.98. The summed E-state index contributed by atoms with van der Waals surface area (Å²) in [5.41, 5.74) is 4.21. The van der Waals surface area contributed by atoms with Crippen LogP contribution in [0.2, 0.25) is 15.1 Å². The van der Waals surface area contributed by atoms with Crippen LogP contribution < -0.4 is 0 Å². The molecule has 1 aromatic heterocycles. The lowest BCUT2D eigenvalue weighted by molar-refractivity contribution is 0.885. The Balaban J connectivity index is 1.72. The number of thioether (sulfide) groups is 1. The maximum atomic E-state index is 6.15. The second kappa shape index (κ2) is 8.80. The summed E-state index contributed by atoms with van der Waals surface area (Å²) in [4.78, 5) is 0. The minimum atomic E-state index is 0.548. The fourth-order valence-corrected chi connectivity index (χ4v) is 4.19. The molecule has 0 saturated carbocycles. The van der Waals surface area contributed by atoms with E-state index in [1.807, 2.05) is 42.5 Å². The fourth-order valence-electron chi connectivity index (χ4n) is 2.85. The highest BCUT2D eigenvalue weighted by Gasteiger charge is 2.16. The van der Waals surface area contributed by atoms with Gasteiger partial charge < -0.3 is 0 Å². The molecule has 146 valence electrons. The van der Waals surface area contributed by atoms with Gasteiger partial charge in [-0.3, -0.25) is 4.57 Å². The normalized spacial score (nSPS) is 11.0. The molecule has 4 rings (SSSR count). The van der Waals surface area contributed by atoms with Gasteiger partial charge in [0, 0.05) is 22.0 Å². The van der Waals surface area contributed by atoms with Crippen molar-refractivity contribution in [3.8, 4) is 17.1 Å². The van der Waals surface area contributed by atoms with Crippen molar-refractivity contribution in [1.29, 1.82) is 0 Å². The van der Waals surface area contributed by atoms with E-state index in [-0.39, 0.29) is 0 Å². The summed E-state index contributed by atoms with van der Waals surface area (Å²) in [6.07, 6.45) is 0. The van der Waals surface area contributed by atoms with Crippen molar-refractivity contribution < 1.29 is 0 Å². The average Bonchev–Trinajstić information content (AvgIpc) is 3.14. The van der Waals surface area contributed by atoms with Crippen molar-refractivity contribution in [2.45, 2.75) is 17.8 Å². The third kappa shape index (κ3) is 4.62. The summed E-state index contributed by atoms with van der Waals surface area (Å²) in [5, 5.41) is 11.5. The third-order valence-corrected chi connectivity index (χ3v) is 6.37. The average molecular weight is 461 g/mol. The molecular formula is C22H16Cl3N3S. The summed E-state index contributed by atoms with van der Waals surface area (Å²) in [6, 6.07) is 21.6. The second-order valence-corrected chi connectivity index (χ2v) is 8.71. The molecule has 3 nitrogen and oxygen atoms in total. The molecule has 3 aromatic carbocycles. The molecule has 0 radical (unpaired) electrons. The molecular weight excluding hydrogens is 445 g/mol. The maximum absolute atomic E-state index is 6.15. The predicted molar refractivity (Wildman–Crippen MR) is 123 cm³/mol. The van der Waals surface area contributed by atoms with E-state index in [0.717, 1.165) is 27.8 Å². The molecule has 0 spiro atoms. The molecule has 29 heavy (non-hydrogen) atoms. The first-order valence-electron chi connectivity index (χ1n) is 8.86. The number of rotatable bonds is 5. The van der Waals surface area contributed by atoms with Gasteiger partial charge in [-0.25, -0.2) is 0 Å². The van der Waals surface area contributed by atoms with Crippen LogP contribution in [0.4, 0.5) is 0 Å². The van der Waals surface area contributed by atoms with Crippen LogP contribution in [0.5, 0.6) is 0 Å². The van der Waals surface area contributed by atoms with Crippen molar-refractivity contribution in [2.75, 3.05) is 0 Å². The van der Waals surface area contributed by atoms with Crippen molar-refractivity contribution in [1.82, 2.24) is 14.8 Å². The van der Waals surface area contributed by atoms with E-state index in [2.05, 4.69) is 46.0 Å². The summed E-state index contributed by atoms with van der Waals surface area (Å²) >= 11 is 19.8. The van der Waals surface area contributed by atoms with E-state index in [0.29, 0.717) is 20.8 Å². The summed E-state index contributed by atoms with van der Waals surface area (Å²) in [7, 11) is 0. The van der Waals surface area contributed by atoms with Crippen LogP contribution >= 0.6 is 46.6 Å². The van der Waals surface area contributed by atoms with Gasteiger partial charge in [-0.15, -0.1) is 10.2 Å². The number of hydrogen-bond acceptors (Lipinski definition) is 3. The van der Waals surface area contributed by atoms with Crippen molar-refractivity contribution in [3.63, 3.8) is 0 Å². The topological polar surface area (TPSA) is 30.7 Å². The SMILES string of the molecule is Cc1ccc(-n2c(SCc3ccc(Cl)c(Cl)c3)nnc2-c2ccc(Cl)cc2)cc1. The van der Waals surface area contributed by atoms with Crippen molar-refractivity contribution in [2.24, 2.45) is 0 Å². The molecule has 0 aliphatic heterocycles. The molecule has 0 atom stereocenters. The first-order chi connectivity index (χ1) is 14.0. The zero-order chi connectivity index (χ0) is 20.4. The third-order valence-electron chi connectivity index (χ3n) is 4.38. The lowest BCUT2D eigenvalue weighted by Crippen LogP contribution is -2.00. The van der Waals surface area contributed by atoms with Crippen molar-refractivity contribution >= 4 is 46.6 Å². The van der Waals surface area contributed by atoms with Crippen LogP contribution in [0.3, 0.4) is 0 Å². The summed E-state index contributed by atoms with van der Waals surface area (Å²) < 4.78 is 2.06. The smallest absolute Gasteiger partial charge is 0.196 e. The Kier molecular flexibility index (Phi) is 6.16. The Morgan fingerprint density at radius 3 is 2.24 bits per heavy atom. The lowest BCUT2D eigenvalue weighted by atomic mass is 10.2. The van der Waals surface area contributed by atoms with Crippen LogP contribution in [0.15, 0.2) is 71.9 Å². The van der Waals surface area contributed by atoms with Gasteiger partial charge in [0.1, 0.15) is 0 Å². The Labute approximate surface area is 188 Å². The molecule has 4 aromatic rings.